The van der Waals surface area contributed by atoms with Gasteiger partial charge in [-0.2, -0.15) is 0 Å². The van der Waals surface area contributed by atoms with Crippen molar-refractivity contribution >= 4 is 5.91 Å². The smallest absolute Gasteiger partial charge is 0.254 e. The summed E-state index contributed by atoms with van der Waals surface area (Å²) in [6.45, 7) is 0. The molecule has 4 nitrogen and oxygen atoms in total. The van der Waals surface area contributed by atoms with Gasteiger partial charge in [0.25, 0.3) is 5.91 Å². The number of H-pyrrole nitrogens is 1. The molecule has 0 atom stereocenters. The number of hydrogen-bond donors (Lipinski definition) is 1. The van der Waals surface area contributed by atoms with Gasteiger partial charge in [-0.3, -0.25) is 9.59 Å². The molecular formula is C8H10N2O2. The van der Waals surface area contributed by atoms with Gasteiger partial charge < -0.3 is 9.88 Å². The Kier molecular flexibility index (Phi) is 2.28. The van der Waals surface area contributed by atoms with Gasteiger partial charge in [-0.1, -0.05) is 0 Å². The topological polar surface area (TPSA) is 53.2 Å². The number of nitrogens with one attached hydrogen (secondary N) is 1. The van der Waals surface area contributed by atoms with E-state index in [0.717, 1.165) is 0 Å². The van der Waals surface area contributed by atoms with E-state index in [0.29, 0.717) is 5.56 Å². The van der Waals surface area contributed by atoms with Crippen LogP contribution in [0.3, 0.4) is 0 Å². The Balaban J connectivity index is 2.98. The molecule has 0 bridgehead atoms. The number of rotatable bonds is 1. The van der Waals surface area contributed by atoms with Crippen molar-refractivity contribution in [1.29, 1.82) is 0 Å². The first kappa shape index (κ1) is 8.52. The van der Waals surface area contributed by atoms with E-state index in [9.17, 15) is 9.59 Å². The Morgan fingerprint density at radius 2 is 2.08 bits per heavy atom. The summed E-state index contributed by atoms with van der Waals surface area (Å²) in [6, 6.07) is 2.83. The zero-order valence-electron chi connectivity index (χ0n) is 7.00. The van der Waals surface area contributed by atoms with Crippen molar-refractivity contribution in [3.8, 4) is 0 Å². The summed E-state index contributed by atoms with van der Waals surface area (Å²) < 4.78 is 0. The average molecular weight is 166 g/mol. The Morgan fingerprint density at radius 1 is 1.42 bits per heavy atom. The van der Waals surface area contributed by atoms with Crippen molar-refractivity contribution in [2.45, 2.75) is 0 Å². The molecule has 12 heavy (non-hydrogen) atoms. The molecule has 0 aromatic carbocycles. The number of pyridine rings is 1. The SMILES string of the molecule is CN(C)C(=O)c1ccc(=O)[nH]c1. The molecule has 0 radical (unpaired) electrons. The first-order valence-electron chi connectivity index (χ1n) is 3.51. The maximum atomic E-state index is 11.3. The number of carbonyl (C=O) groups excluding carboxylic acids is 1. The lowest BCUT2D eigenvalue weighted by atomic mass is 10.2. The molecule has 0 fully saturated rings. The van der Waals surface area contributed by atoms with Gasteiger partial charge in [0, 0.05) is 26.4 Å². The van der Waals surface area contributed by atoms with E-state index in [-0.39, 0.29) is 11.5 Å². The number of hydrogen-bond acceptors (Lipinski definition) is 2. The largest absolute Gasteiger partial charge is 0.345 e. The van der Waals surface area contributed by atoms with Gasteiger partial charge in [-0.25, -0.2) is 0 Å². The normalized spacial score (nSPS) is 9.50. The number of nitrogens with zero attached hydrogens (tertiary/aromatic N) is 1. The molecular weight excluding hydrogens is 156 g/mol. The van der Waals surface area contributed by atoms with Crippen molar-refractivity contribution in [2.24, 2.45) is 0 Å². The molecule has 0 unspecified atom stereocenters. The van der Waals surface area contributed by atoms with Crippen LogP contribution in [-0.2, 0) is 0 Å². The quantitative estimate of drug-likeness (QED) is 0.642. The van der Waals surface area contributed by atoms with Crippen LogP contribution in [0.1, 0.15) is 10.4 Å². The Bertz CT molecular complexity index is 321. The van der Waals surface area contributed by atoms with Crippen LogP contribution in [0.5, 0.6) is 0 Å². The second-order valence-electron chi connectivity index (χ2n) is 2.64. The van der Waals surface area contributed by atoms with Crippen molar-refractivity contribution in [3.63, 3.8) is 0 Å². The molecule has 1 heterocycles. The predicted molar refractivity (Wildman–Crippen MR) is 45.1 cm³/mol. The third kappa shape index (κ3) is 1.72. The number of aromatic amines is 1. The summed E-state index contributed by atoms with van der Waals surface area (Å²) >= 11 is 0. The van der Waals surface area contributed by atoms with Crippen molar-refractivity contribution < 1.29 is 4.79 Å². The van der Waals surface area contributed by atoms with Crippen LogP contribution in [0.15, 0.2) is 23.1 Å². The maximum absolute atomic E-state index is 11.3. The molecule has 1 rings (SSSR count). The van der Waals surface area contributed by atoms with E-state index in [1.54, 1.807) is 14.1 Å². The van der Waals surface area contributed by atoms with Crippen molar-refractivity contribution in [3.05, 3.63) is 34.2 Å². The summed E-state index contributed by atoms with van der Waals surface area (Å²) in [5.41, 5.74) is 0.282. The maximum Gasteiger partial charge on any atom is 0.254 e. The van der Waals surface area contributed by atoms with Gasteiger partial charge in [0.05, 0.1) is 5.56 Å². The van der Waals surface area contributed by atoms with E-state index in [1.165, 1.54) is 23.2 Å². The minimum Gasteiger partial charge on any atom is -0.345 e. The lowest BCUT2D eigenvalue weighted by Crippen LogP contribution is -2.22. The second-order valence-corrected chi connectivity index (χ2v) is 2.64. The molecule has 0 aliphatic carbocycles. The molecule has 0 spiro atoms. The molecule has 0 saturated heterocycles. The van der Waals surface area contributed by atoms with Gasteiger partial charge >= 0.3 is 0 Å². The van der Waals surface area contributed by atoms with E-state index < -0.39 is 0 Å². The Labute approximate surface area is 69.8 Å². The summed E-state index contributed by atoms with van der Waals surface area (Å²) in [5, 5.41) is 0. The molecule has 0 aliphatic rings. The Hall–Kier alpha value is -1.58. The van der Waals surface area contributed by atoms with E-state index >= 15 is 0 Å². The zero-order chi connectivity index (χ0) is 9.14. The number of aromatic nitrogens is 1. The van der Waals surface area contributed by atoms with Crippen LogP contribution >= 0.6 is 0 Å². The molecule has 64 valence electrons. The highest BCUT2D eigenvalue weighted by molar-refractivity contribution is 5.93. The number of carbonyl (C=O) groups is 1. The van der Waals surface area contributed by atoms with Crippen LogP contribution in [0.4, 0.5) is 0 Å². The van der Waals surface area contributed by atoms with Crippen molar-refractivity contribution in [1.82, 2.24) is 9.88 Å². The average Bonchev–Trinajstić information content (AvgIpc) is 2.04. The number of amides is 1. The molecule has 1 aromatic rings. The van der Waals surface area contributed by atoms with Crippen LogP contribution < -0.4 is 5.56 Å². The zero-order valence-corrected chi connectivity index (χ0v) is 7.00. The monoisotopic (exact) mass is 166 g/mol. The molecule has 0 saturated carbocycles. The molecule has 1 aromatic heterocycles. The molecule has 1 amide bonds. The van der Waals surface area contributed by atoms with Crippen LogP contribution in [0, 0.1) is 0 Å². The molecule has 4 heteroatoms. The van der Waals surface area contributed by atoms with Gasteiger partial charge in [-0.15, -0.1) is 0 Å². The fourth-order valence-corrected chi connectivity index (χ4v) is 0.802. The summed E-state index contributed by atoms with van der Waals surface area (Å²) in [7, 11) is 3.32. The molecule has 0 aliphatic heterocycles. The predicted octanol–water partition coefficient (Wildman–Crippen LogP) is 0.0767. The second kappa shape index (κ2) is 3.21. The minimum atomic E-state index is -0.203. The van der Waals surface area contributed by atoms with Crippen molar-refractivity contribution in [2.75, 3.05) is 14.1 Å². The van der Waals surface area contributed by atoms with Gasteiger partial charge in [0.15, 0.2) is 0 Å². The highest BCUT2D eigenvalue weighted by atomic mass is 16.2. The third-order valence-corrected chi connectivity index (χ3v) is 1.44. The highest BCUT2D eigenvalue weighted by Crippen LogP contribution is 1.96. The minimum absolute atomic E-state index is 0.119. The van der Waals surface area contributed by atoms with E-state index in [2.05, 4.69) is 4.98 Å². The van der Waals surface area contributed by atoms with Gasteiger partial charge in [0.2, 0.25) is 5.56 Å². The lowest BCUT2D eigenvalue weighted by Gasteiger charge is -2.08. The van der Waals surface area contributed by atoms with Gasteiger partial charge in [-0.05, 0) is 6.07 Å². The van der Waals surface area contributed by atoms with Crippen LogP contribution in [0.25, 0.3) is 0 Å². The van der Waals surface area contributed by atoms with Crippen LogP contribution in [-0.4, -0.2) is 29.9 Å². The Morgan fingerprint density at radius 3 is 2.50 bits per heavy atom. The fraction of sp³-hybridized carbons (Fsp3) is 0.250. The van der Waals surface area contributed by atoms with E-state index in [4.69, 9.17) is 0 Å². The first-order valence-corrected chi connectivity index (χ1v) is 3.51. The van der Waals surface area contributed by atoms with E-state index in [1.807, 2.05) is 0 Å². The first-order chi connectivity index (χ1) is 5.61. The third-order valence-electron chi connectivity index (χ3n) is 1.44. The standard InChI is InChI=1S/C8H10N2O2/c1-10(2)8(12)6-3-4-7(11)9-5-6/h3-5H,1-2H3,(H,9,11). The van der Waals surface area contributed by atoms with Gasteiger partial charge in [0.1, 0.15) is 0 Å². The molecule has 1 N–H and O–H groups in total. The van der Waals surface area contributed by atoms with Crippen LogP contribution in [0.2, 0.25) is 0 Å². The highest BCUT2D eigenvalue weighted by Gasteiger charge is 2.06. The summed E-state index contributed by atoms with van der Waals surface area (Å²) in [5.74, 6) is -0.119. The summed E-state index contributed by atoms with van der Waals surface area (Å²) in [4.78, 5) is 25.8. The fourth-order valence-electron chi connectivity index (χ4n) is 0.802. The summed E-state index contributed by atoms with van der Waals surface area (Å²) in [6.07, 6.45) is 1.41. The lowest BCUT2D eigenvalue weighted by molar-refractivity contribution is 0.0827.